The molecule has 0 aromatic heterocycles. The van der Waals surface area contributed by atoms with Gasteiger partial charge >= 0.3 is 0 Å². The Hall–Kier alpha value is -1.25. The molecule has 10 aliphatic heterocycles. The Morgan fingerprint density at radius 3 is 2.35 bits per heavy atom. The van der Waals surface area contributed by atoms with E-state index in [0.29, 0.717) is 44.4 Å². The van der Waals surface area contributed by atoms with E-state index >= 15 is 0 Å². The number of hydrogen-bond donors (Lipinski definition) is 2. The molecule has 0 aliphatic carbocycles. The standard InChI is InChI=1S/C40H59NO10/c1-19-11-25-5-7-29-20(2)12-27(44-29)9-10-40-17-34-36(50-40)37-38(49-34)39(51-40)35-30(48-37)8-6-26(46-35)13-23(42)14-28-22(4)31(15-24(43)18-41)47-33(28)16-32(45-25)21(19)3/h19,22,24-39,43H,2-3,5-18,41H2,1,4H3/t19-,22-,24+,25+,26?,27+,28?,29?,30+,31?,32?,33+,34+,35+,36+,37+,38-,39+,40+/m1/s1. The Morgan fingerprint density at radius 2 is 1.51 bits per heavy atom. The van der Waals surface area contributed by atoms with Gasteiger partial charge in [0, 0.05) is 45.1 Å². The van der Waals surface area contributed by atoms with Gasteiger partial charge in [0.2, 0.25) is 0 Å². The van der Waals surface area contributed by atoms with Crippen LogP contribution in [0.3, 0.4) is 0 Å². The molecule has 10 saturated heterocycles. The van der Waals surface area contributed by atoms with Crippen LogP contribution in [-0.4, -0.2) is 115 Å². The van der Waals surface area contributed by atoms with Crippen molar-refractivity contribution in [3.05, 3.63) is 24.3 Å². The van der Waals surface area contributed by atoms with E-state index in [9.17, 15) is 9.90 Å². The van der Waals surface area contributed by atoms with Gasteiger partial charge in [0.25, 0.3) is 0 Å². The van der Waals surface area contributed by atoms with Crippen LogP contribution in [0.1, 0.15) is 97.3 Å². The number of fused-ring (bicyclic) bond motifs is 6. The summed E-state index contributed by atoms with van der Waals surface area (Å²) in [6, 6.07) is 0. The van der Waals surface area contributed by atoms with Crippen LogP contribution in [0.4, 0.5) is 0 Å². The van der Waals surface area contributed by atoms with E-state index in [1.807, 2.05) is 0 Å². The molecule has 11 heteroatoms. The number of carbonyl (C=O) groups excluding carboxylic acids is 1. The molecule has 10 aliphatic rings. The van der Waals surface area contributed by atoms with E-state index in [2.05, 4.69) is 27.0 Å². The highest BCUT2D eigenvalue weighted by atomic mass is 16.8. The first-order valence-corrected chi connectivity index (χ1v) is 20.1. The number of Topliss-reactive ketones (excluding diaryl/α,β-unsaturated/α-hetero) is 1. The lowest BCUT2D eigenvalue weighted by Crippen LogP contribution is -2.61. The zero-order valence-electron chi connectivity index (χ0n) is 30.4. The summed E-state index contributed by atoms with van der Waals surface area (Å²) in [5.41, 5.74) is 8.06. The number of carbonyl (C=O) groups is 1. The largest absolute Gasteiger partial charge is 0.392 e. The van der Waals surface area contributed by atoms with Gasteiger partial charge in [0.1, 0.15) is 36.3 Å². The molecule has 3 N–H and O–H groups in total. The van der Waals surface area contributed by atoms with Crippen LogP contribution in [0.25, 0.3) is 0 Å². The SMILES string of the molecule is C=C1C[C@@H]2CC[C@@]34C[C@@H]5O[C@@H]6[C@@H](O[C@H]7CCC(CC(=O)CC8[C@@H](C)C(C[C@H](O)CN)O[C@H]8CC8O[C@@H](CCC1O2)C[C@@H](C)C8=C)O[C@@H]7[C@@H]6O3)[C@H]5O4. The molecule has 12 bridgehead atoms. The van der Waals surface area contributed by atoms with E-state index in [-0.39, 0.29) is 110 Å². The number of ether oxygens (including phenoxy) is 8. The highest BCUT2D eigenvalue weighted by Gasteiger charge is 2.68. The lowest BCUT2D eigenvalue weighted by Gasteiger charge is -2.47. The fraction of sp³-hybridized carbons (Fsp3) is 0.875. The Bertz CT molecular complexity index is 1360. The van der Waals surface area contributed by atoms with Crippen molar-refractivity contribution in [1.82, 2.24) is 0 Å². The molecule has 0 radical (unpaired) electrons. The van der Waals surface area contributed by atoms with Crippen LogP contribution in [0.2, 0.25) is 0 Å². The maximum Gasteiger partial charge on any atom is 0.172 e. The molecule has 10 heterocycles. The molecule has 10 rings (SSSR count). The van der Waals surface area contributed by atoms with Crippen molar-refractivity contribution in [2.24, 2.45) is 23.5 Å². The van der Waals surface area contributed by atoms with Gasteiger partial charge in [-0.05, 0) is 73.8 Å². The van der Waals surface area contributed by atoms with Crippen LogP contribution < -0.4 is 5.73 Å². The maximum absolute atomic E-state index is 14.0. The van der Waals surface area contributed by atoms with Crippen LogP contribution in [0.15, 0.2) is 24.3 Å². The summed E-state index contributed by atoms with van der Waals surface area (Å²) in [5.74, 6) is -0.222. The molecule has 0 aromatic carbocycles. The molecule has 11 nitrogen and oxygen atoms in total. The lowest BCUT2D eigenvalue weighted by atomic mass is 9.78. The number of rotatable bonds is 3. The fourth-order valence-electron chi connectivity index (χ4n) is 11.3. The third-order valence-corrected chi connectivity index (χ3v) is 14.2. The molecule has 284 valence electrons. The van der Waals surface area contributed by atoms with E-state index in [4.69, 9.17) is 43.6 Å². The summed E-state index contributed by atoms with van der Waals surface area (Å²) in [6.07, 6.45) is 6.43. The molecular formula is C40H59NO10. The van der Waals surface area contributed by atoms with Crippen molar-refractivity contribution in [3.63, 3.8) is 0 Å². The third kappa shape index (κ3) is 6.53. The number of nitrogens with two attached hydrogens (primary N) is 1. The van der Waals surface area contributed by atoms with Gasteiger partial charge in [0.05, 0.1) is 61.0 Å². The van der Waals surface area contributed by atoms with E-state index in [0.717, 1.165) is 56.1 Å². The van der Waals surface area contributed by atoms with Gasteiger partial charge < -0.3 is 48.7 Å². The summed E-state index contributed by atoms with van der Waals surface area (Å²) < 4.78 is 54.0. The van der Waals surface area contributed by atoms with Crippen molar-refractivity contribution in [2.45, 2.75) is 195 Å². The molecule has 5 unspecified atom stereocenters. The lowest BCUT2D eigenvalue weighted by molar-refractivity contribution is -0.292. The molecule has 0 amide bonds. The second-order valence-corrected chi connectivity index (χ2v) is 17.6. The highest BCUT2D eigenvalue weighted by molar-refractivity contribution is 5.79. The quantitative estimate of drug-likeness (QED) is 0.410. The molecule has 51 heavy (non-hydrogen) atoms. The van der Waals surface area contributed by atoms with Crippen LogP contribution in [-0.2, 0) is 42.7 Å². The predicted octanol–water partition coefficient (Wildman–Crippen LogP) is 4.06. The van der Waals surface area contributed by atoms with E-state index < -0.39 is 11.9 Å². The first-order chi connectivity index (χ1) is 24.6. The van der Waals surface area contributed by atoms with Gasteiger partial charge in [-0.25, -0.2) is 0 Å². The average Bonchev–Trinajstić information content (AvgIpc) is 3.77. The Balaban J connectivity index is 0.986. The van der Waals surface area contributed by atoms with Gasteiger partial charge in [0.15, 0.2) is 5.79 Å². The summed E-state index contributed by atoms with van der Waals surface area (Å²) in [6.45, 7) is 13.5. The number of aliphatic hydroxyl groups is 1. The normalized spacial score (nSPS) is 53.2. The van der Waals surface area contributed by atoms with Crippen molar-refractivity contribution in [1.29, 1.82) is 0 Å². The minimum Gasteiger partial charge on any atom is -0.392 e. The summed E-state index contributed by atoms with van der Waals surface area (Å²) >= 11 is 0. The van der Waals surface area contributed by atoms with Crippen LogP contribution >= 0.6 is 0 Å². The smallest absolute Gasteiger partial charge is 0.172 e. The van der Waals surface area contributed by atoms with E-state index in [1.54, 1.807) is 0 Å². The maximum atomic E-state index is 14.0. The second kappa shape index (κ2) is 13.8. The summed E-state index contributed by atoms with van der Waals surface area (Å²) in [7, 11) is 0. The third-order valence-electron chi connectivity index (χ3n) is 14.2. The summed E-state index contributed by atoms with van der Waals surface area (Å²) in [4.78, 5) is 14.0. The van der Waals surface area contributed by atoms with Crippen molar-refractivity contribution in [2.75, 3.05) is 6.54 Å². The molecule has 0 aromatic rings. The Morgan fingerprint density at radius 1 is 0.765 bits per heavy atom. The Labute approximate surface area is 302 Å². The molecule has 10 fully saturated rings. The topological polar surface area (TPSA) is 137 Å². The fourth-order valence-corrected chi connectivity index (χ4v) is 11.3. The van der Waals surface area contributed by atoms with E-state index in [1.165, 1.54) is 0 Å². The zero-order valence-corrected chi connectivity index (χ0v) is 30.4. The molecule has 0 saturated carbocycles. The van der Waals surface area contributed by atoms with Crippen LogP contribution in [0, 0.1) is 17.8 Å². The Kier molecular flexibility index (Phi) is 9.59. The minimum absolute atomic E-state index is 0.00127. The van der Waals surface area contributed by atoms with Gasteiger partial charge in [-0.3, -0.25) is 4.79 Å². The van der Waals surface area contributed by atoms with Crippen molar-refractivity contribution >= 4 is 5.78 Å². The predicted molar refractivity (Wildman–Crippen MR) is 185 cm³/mol. The molecular weight excluding hydrogens is 654 g/mol. The minimum atomic E-state index is -0.765. The number of ketones is 1. The zero-order chi connectivity index (χ0) is 35.2. The number of aliphatic hydroxyl groups excluding tert-OH is 1. The van der Waals surface area contributed by atoms with Gasteiger partial charge in [-0.1, -0.05) is 27.0 Å². The van der Waals surface area contributed by atoms with Crippen LogP contribution in [0.5, 0.6) is 0 Å². The molecule has 1 spiro atoms. The highest BCUT2D eigenvalue weighted by Crippen LogP contribution is 2.54. The van der Waals surface area contributed by atoms with Crippen molar-refractivity contribution < 1.29 is 47.8 Å². The first-order valence-electron chi connectivity index (χ1n) is 20.1. The van der Waals surface area contributed by atoms with Gasteiger partial charge in [-0.15, -0.1) is 0 Å². The van der Waals surface area contributed by atoms with Gasteiger partial charge in [-0.2, -0.15) is 0 Å². The monoisotopic (exact) mass is 713 g/mol. The second-order valence-electron chi connectivity index (χ2n) is 17.6. The average molecular weight is 714 g/mol. The first kappa shape index (κ1) is 35.5. The summed E-state index contributed by atoms with van der Waals surface area (Å²) in [5, 5.41) is 10.5. The molecule has 19 atom stereocenters. The number of hydrogen-bond acceptors (Lipinski definition) is 11. The van der Waals surface area contributed by atoms with Crippen molar-refractivity contribution in [3.8, 4) is 0 Å².